The van der Waals surface area contributed by atoms with Crippen molar-refractivity contribution in [2.45, 2.75) is 32.2 Å². The number of rotatable bonds is 7. The molecule has 0 radical (unpaired) electrons. The zero-order chi connectivity index (χ0) is 25.9. The van der Waals surface area contributed by atoms with E-state index >= 15 is 0 Å². The minimum Gasteiger partial charge on any atom is -0.322 e. The van der Waals surface area contributed by atoms with E-state index in [1.165, 1.54) is 4.31 Å². The topological polar surface area (TPSA) is 66.5 Å². The van der Waals surface area contributed by atoms with Gasteiger partial charge in [0, 0.05) is 10.7 Å². The molecule has 4 aromatic carbocycles. The number of amides is 1. The Bertz CT molecular complexity index is 1500. The van der Waals surface area contributed by atoms with Crippen LogP contribution in [0.4, 0.5) is 11.4 Å². The lowest BCUT2D eigenvalue weighted by Crippen LogP contribution is -2.32. The smallest absolute Gasteiger partial charge is 0.264 e. The van der Waals surface area contributed by atoms with E-state index in [0.29, 0.717) is 10.7 Å². The molecule has 0 spiro atoms. The van der Waals surface area contributed by atoms with E-state index in [-0.39, 0.29) is 22.7 Å². The van der Waals surface area contributed by atoms with Crippen molar-refractivity contribution in [3.05, 3.63) is 124 Å². The van der Waals surface area contributed by atoms with Crippen molar-refractivity contribution in [1.29, 1.82) is 0 Å². The number of hydrogen-bond acceptors (Lipinski definition) is 3. The highest BCUT2D eigenvalue weighted by Crippen LogP contribution is 2.30. The Kier molecular flexibility index (Phi) is 7.48. The standard InChI is InChI=1S/C29H27ClN2O3S/c1-20-8-15-25(16-9-20)36(34,35)32(19-23-11-13-24(30)14-12-23)28-7-5-4-6-26(28)29(33)31-27-17-10-21(2)18-22(27)3/h4-18H,19H2,1-3H3,(H,31,33). The van der Waals surface area contributed by atoms with Crippen LogP contribution >= 0.6 is 11.6 Å². The number of nitrogens with zero attached hydrogens (tertiary/aromatic N) is 1. The van der Waals surface area contributed by atoms with E-state index in [0.717, 1.165) is 22.3 Å². The van der Waals surface area contributed by atoms with Crippen LogP contribution in [0, 0.1) is 20.8 Å². The lowest BCUT2D eigenvalue weighted by atomic mass is 10.1. The Hall–Kier alpha value is -3.61. The fraction of sp³-hybridized carbons (Fsp3) is 0.138. The molecule has 4 rings (SSSR count). The maximum atomic E-state index is 13.9. The van der Waals surface area contributed by atoms with Gasteiger partial charge in [0.1, 0.15) is 0 Å². The zero-order valence-electron chi connectivity index (χ0n) is 20.3. The summed E-state index contributed by atoms with van der Waals surface area (Å²) in [4.78, 5) is 13.6. The molecule has 0 saturated carbocycles. The number of sulfonamides is 1. The first-order valence-corrected chi connectivity index (χ1v) is 13.3. The summed E-state index contributed by atoms with van der Waals surface area (Å²) >= 11 is 6.05. The molecule has 0 aliphatic heterocycles. The highest BCUT2D eigenvalue weighted by Gasteiger charge is 2.28. The third-order valence-corrected chi connectivity index (χ3v) is 7.92. The third-order valence-electron chi connectivity index (χ3n) is 5.90. The van der Waals surface area contributed by atoms with Crippen molar-refractivity contribution in [1.82, 2.24) is 0 Å². The molecule has 184 valence electrons. The van der Waals surface area contributed by atoms with Gasteiger partial charge in [0.05, 0.1) is 22.7 Å². The molecule has 1 amide bonds. The zero-order valence-corrected chi connectivity index (χ0v) is 21.9. The Morgan fingerprint density at radius 1 is 0.833 bits per heavy atom. The molecular weight excluding hydrogens is 492 g/mol. The fourth-order valence-corrected chi connectivity index (χ4v) is 5.52. The molecule has 0 atom stereocenters. The number of nitrogens with one attached hydrogen (secondary N) is 1. The first kappa shape index (κ1) is 25.5. The molecule has 4 aromatic rings. The summed E-state index contributed by atoms with van der Waals surface area (Å²) < 4.78 is 29.1. The van der Waals surface area contributed by atoms with Crippen LogP contribution in [-0.2, 0) is 16.6 Å². The molecule has 36 heavy (non-hydrogen) atoms. The summed E-state index contributed by atoms with van der Waals surface area (Å²) in [5, 5.41) is 3.50. The summed E-state index contributed by atoms with van der Waals surface area (Å²) in [7, 11) is -4.00. The number of aryl methyl sites for hydroxylation is 3. The number of halogens is 1. The Morgan fingerprint density at radius 2 is 1.47 bits per heavy atom. The van der Waals surface area contributed by atoms with Crippen LogP contribution in [0.3, 0.4) is 0 Å². The summed E-state index contributed by atoms with van der Waals surface area (Å²) in [6.07, 6.45) is 0. The number of para-hydroxylation sites is 1. The summed E-state index contributed by atoms with van der Waals surface area (Å²) in [5.74, 6) is -0.391. The first-order chi connectivity index (χ1) is 17.1. The molecule has 0 heterocycles. The van der Waals surface area contributed by atoms with Crippen LogP contribution in [0.15, 0.2) is 95.9 Å². The maximum absolute atomic E-state index is 13.9. The van der Waals surface area contributed by atoms with Gasteiger partial charge >= 0.3 is 0 Å². The molecule has 7 heteroatoms. The molecule has 0 aromatic heterocycles. The molecule has 0 aliphatic rings. The molecule has 1 N–H and O–H groups in total. The average molecular weight is 519 g/mol. The van der Waals surface area contributed by atoms with Crippen LogP contribution in [0.1, 0.15) is 32.6 Å². The van der Waals surface area contributed by atoms with E-state index in [9.17, 15) is 13.2 Å². The van der Waals surface area contributed by atoms with Crippen molar-refractivity contribution < 1.29 is 13.2 Å². The molecule has 0 fully saturated rings. The van der Waals surface area contributed by atoms with Gasteiger partial charge in [-0.3, -0.25) is 9.10 Å². The van der Waals surface area contributed by atoms with Gasteiger partial charge in [-0.15, -0.1) is 0 Å². The van der Waals surface area contributed by atoms with Crippen LogP contribution in [-0.4, -0.2) is 14.3 Å². The minimum atomic E-state index is -4.00. The maximum Gasteiger partial charge on any atom is 0.264 e. The SMILES string of the molecule is Cc1ccc(S(=O)(=O)N(Cc2ccc(Cl)cc2)c2ccccc2C(=O)Nc2ccc(C)cc2C)cc1. The second-order valence-electron chi connectivity index (χ2n) is 8.74. The van der Waals surface area contributed by atoms with Crippen molar-refractivity contribution in [2.24, 2.45) is 0 Å². The second kappa shape index (κ2) is 10.6. The molecule has 0 aliphatic carbocycles. The number of benzene rings is 4. The largest absolute Gasteiger partial charge is 0.322 e. The minimum absolute atomic E-state index is 0.0290. The van der Waals surface area contributed by atoms with E-state index in [2.05, 4.69) is 5.32 Å². The second-order valence-corrected chi connectivity index (χ2v) is 11.0. The van der Waals surface area contributed by atoms with Crippen LogP contribution in [0.25, 0.3) is 0 Å². The third kappa shape index (κ3) is 5.61. The predicted molar refractivity (Wildman–Crippen MR) is 146 cm³/mol. The van der Waals surface area contributed by atoms with E-state index in [1.807, 2.05) is 39.0 Å². The highest BCUT2D eigenvalue weighted by molar-refractivity contribution is 7.92. The van der Waals surface area contributed by atoms with E-state index < -0.39 is 15.9 Å². The summed E-state index contributed by atoms with van der Waals surface area (Å²) in [6, 6.07) is 26.1. The van der Waals surface area contributed by atoms with E-state index in [4.69, 9.17) is 11.6 Å². The van der Waals surface area contributed by atoms with Gasteiger partial charge in [-0.1, -0.05) is 71.3 Å². The van der Waals surface area contributed by atoms with Crippen molar-refractivity contribution in [3.63, 3.8) is 0 Å². The number of carbonyl (C=O) groups is 1. The quantitative estimate of drug-likeness (QED) is 0.289. The molecule has 0 bridgehead atoms. The number of carbonyl (C=O) groups excluding carboxylic acids is 1. The van der Waals surface area contributed by atoms with E-state index in [1.54, 1.807) is 72.8 Å². The van der Waals surface area contributed by atoms with Crippen LogP contribution in [0.5, 0.6) is 0 Å². The predicted octanol–water partition coefficient (Wildman–Crippen LogP) is 6.91. The molecule has 0 unspecified atom stereocenters. The van der Waals surface area contributed by atoms with Crippen molar-refractivity contribution in [2.75, 3.05) is 9.62 Å². The Labute approximate surface area is 217 Å². The van der Waals surface area contributed by atoms with Crippen molar-refractivity contribution >= 4 is 38.9 Å². The molecular formula is C29H27ClN2O3S. The Morgan fingerprint density at radius 3 is 2.14 bits per heavy atom. The molecule has 0 saturated heterocycles. The Balaban J connectivity index is 1.79. The monoisotopic (exact) mass is 518 g/mol. The van der Waals surface area contributed by atoms with Gasteiger partial charge in [0.2, 0.25) is 0 Å². The van der Waals surface area contributed by atoms with Gasteiger partial charge in [0.15, 0.2) is 0 Å². The number of hydrogen-bond donors (Lipinski definition) is 1. The van der Waals surface area contributed by atoms with Gasteiger partial charge in [-0.05, 0) is 74.4 Å². The number of anilines is 2. The normalized spacial score (nSPS) is 11.2. The van der Waals surface area contributed by atoms with Crippen molar-refractivity contribution in [3.8, 4) is 0 Å². The van der Waals surface area contributed by atoms with Gasteiger partial charge in [-0.25, -0.2) is 8.42 Å². The fourth-order valence-electron chi connectivity index (χ4n) is 3.92. The highest BCUT2D eigenvalue weighted by atomic mass is 35.5. The first-order valence-electron chi connectivity index (χ1n) is 11.5. The van der Waals surface area contributed by atoms with Gasteiger partial charge < -0.3 is 5.32 Å². The van der Waals surface area contributed by atoms with Crippen LogP contribution < -0.4 is 9.62 Å². The molecule has 5 nitrogen and oxygen atoms in total. The van der Waals surface area contributed by atoms with Gasteiger partial charge in [0.25, 0.3) is 15.9 Å². The van der Waals surface area contributed by atoms with Gasteiger partial charge in [-0.2, -0.15) is 0 Å². The lowest BCUT2D eigenvalue weighted by molar-refractivity contribution is 0.102. The average Bonchev–Trinajstić information content (AvgIpc) is 2.85. The lowest BCUT2D eigenvalue weighted by Gasteiger charge is -2.27. The van der Waals surface area contributed by atoms with Crippen LogP contribution in [0.2, 0.25) is 5.02 Å². The summed E-state index contributed by atoms with van der Waals surface area (Å²) in [5.41, 5.74) is 4.91. The summed E-state index contributed by atoms with van der Waals surface area (Å²) in [6.45, 7) is 5.83.